The molecule has 8 heteroatoms. The maximum atomic E-state index is 12.1. The summed E-state index contributed by atoms with van der Waals surface area (Å²) in [7, 11) is 1.66. The van der Waals surface area contributed by atoms with E-state index in [-0.39, 0.29) is 36.8 Å². The zero-order chi connectivity index (χ0) is 16.1. The molecule has 1 aromatic rings. The first-order chi connectivity index (χ1) is 11.2. The summed E-state index contributed by atoms with van der Waals surface area (Å²) < 4.78 is 10.9. The zero-order valence-corrected chi connectivity index (χ0v) is 16.0. The lowest BCUT2D eigenvalue weighted by Gasteiger charge is -2.25. The number of amides is 1. The van der Waals surface area contributed by atoms with E-state index < -0.39 is 0 Å². The number of morpholine rings is 1. The second kappa shape index (κ2) is 10.8. The Kier molecular flexibility index (Phi) is 9.53. The van der Waals surface area contributed by atoms with Crippen LogP contribution in [0.2, 0.25) is 0 Å². The van der Waals surface area contributed by atoms with Gasteiger partial charge < -0.3 is 20.1 Å². The summed E-state index contributed by atoms with van der Waals surface area (Å²) in [6.45, 7) is 4.49. The van der Waals surface area contributed by atoms with Crippen LogP contribution in [-0.4, -0.2) is 69.4 Å². The van der Waals surface area contributed by atoms with Crippen molar-refractivity contribution < 1.29 is 14.3 Å². The molecule has 2 heterocycles. The molecule has 2 fully saturated rings. The van der Waals surface area contributed by atoms with Gasteiger partial charge in [0, 0.05) is 32.2 Å². The van der Waals surface area contributed by atoms with Crippen molar-refractivity contribution in [2.45, 2.75) is 18.6 Å². The average molecular weight is 392 g/mol. The van der Waals surface area contributed by atoms with Gasteiger partial charge in [-0.1, -0.05) is 12.1 Å². The average Bonchev–Trinajstić information content (AvgIpc) is 2.97. The molecule has 0 saturated carbocycles. The molecule has 0 aliphatic carbocycles. The van der Waals surface area contributed by atoms with E-state index in [1.165, 1.54) is 5.56 Å². The molecule has 2 saturated heterocycles. The number of nitrogens with one attached hydrogen (secondary N) is 2. The molecule has 0 aromatic heterocycles. The Morgan fingerprint density at radius 3 is 2.76 bits per heavy atom. The van der Waals surface area contributed by atoms with E-state index in [2.05, 4.69) is 15.5 Å². The lowest BCUT2D eigenvalue weighted by atomic mass is 10.1. The van der Waals surface area contributed by atoms with Crippen molar-refractivity contribution in [3.05, 3.63) is 29.8 Å². The topological polar surface area (TPSA) is 62.8 Å². The molecular formula is C17H27Cl2N3O3. The fourth-order valence-electron chi connectivity index (χ4n) is 3.20. The van der Waals surface area contributed by atoms with Crippen LogP contribution in [0.1, 0.15) is 5.56 Å². The van der Waals surface area contributed by atoms with Gasteiger partial charge in [-0.05, 0) is 24.1 Å². The van der Waals surface area contributed by atoms with Crippen LogP contribution in [0.25, 0.3) is 0 Å². The van der Waals surface area contributed by atoms with Gasteiger partial charge in [0.1, 0.15) is 5.75 Å². The molecule has 2 N–H and O–H groups in total. The van der Waals surface area contributed by atoms with Gasteiger partial charge in [0.2, 0.25) is 5.91 Å². The Hall–Kier alpha value is -1.05. The molecule has 0 unspecified atom stereocenters. The Labute approximate surface area is 161 Å². The number of halogens is 2. The minimum atomic E-state index is 0. The molecular weight excluding hydrogens is 365 g/mol. The quantitative estimate of drug-likeness (QED) is 0.753. The first-order valence-electron chi connectivity index (χ1n) is 8.21. The summed E-state index contributed by atoms with van der Waals surface area (Å²) in [4.78, 5) is 14.2. The maximum absolute atomic E-state index is 12.1. The number of rotatable bonds is 6. The fraction of sp³-hybridized carbons (Fsp3) is 0.588. The van der Waals surface area contributed by atoms with Crippen LogP contribution < -0.4 is 15.4 Å². The van der Waals surface area contributed by atoms with Crippen LogP contribution in [0.15, 0.2) is 24.3 Å². The number of nitrogens with zero attached hydrogens (tertiary/aromatic N) is 1. The van der Waals surface area contributed by atoms with E-state index >= 15 is 0 Å². The van der Waals surface area contributed by atoms with Gasteiger partial charge in [-0.25, -0.2) is 0 Å². The van der Waals surface area contributed by atoms with Gasteiger partial charge in [-0.3, -0.25) is 9.69 Å². The number of carbonyl (C=O) groups excluding carboxylic acids is 1. The molecule has 1 aromatic carbocycles. The van der Waals surface area contributed by atoms with E-state index in [1.807, 2.05) is 24.3 Å². The number of ether oxygens (including phenoxy) is 2. The standard InChI is InChI=1S/C17H25N3O3.2ClH/c1-22-14-4-2-13(3-5-14)6-7-19-17(21)12-20-10-15-16(11-20)23-9-8-18-15;;/h2-5,15-16,18H,6-12H2,1H3,(H,19,21);2*1H/t15-,16-;;/m0../s1. The molecule has 0 radical (unpaired) electrons. The smallest absolute Gasteiger partial charge is 0.234 e. The van der Waals surface area contributed by atoms with E-state index in [0.717, 1.165) is 38.4 Å². The highest BCUT2D eigenvalue weighted by molar-refractivity contribution is 5.85. The highest BCUT2D eigenvalue weighted by Crippen LogP contribution is 2.15. The number of hydrogen-bond donors (Lipinski definition) is 2. The summed E-state index contributed by atoms with van der Waals surface area (Å²) in [5.41, 5.74) is 1.19. The number of carbonyl (C=O) groups is 1. The SMILES string of the molecule is COc1ccc(CCNC(=O)CN2C[C@@H]3NCCO[C@H]3C2)cc1.Cl.Cl. The summed E-state index contributed by atoms with van der Waals surface area (Å²) in [5, 5.41) is 6.44. The highest BCUT2D eigenvalue weighted by atomic mass is 35.5. The zero-order valence-electron chi connectivity index (χ0n) is 14.4. The van der Waals surface area contributed by atoms with E-state index in [0.29, 0.717) is 19.1 Å². The number of fused-ring (bicyclic) bond motifs is 1. The van der Waals surface area contributed by atoms with E-state index in [9.17, 15) is 4.79 Å². The van der Waals surface area contributed by atoms with Gasteiger partial charge in [-0.2, -0.15) is 0 Å². The van der Waals surface area contributed by atoms with Crippen molar-refractivity contribution in [3.8, 4) is 5.75 Å². The second-order valence-electron chi connectivity index (χ2n) is 6.11. The lowest BCUT2D eigenvalue weighted by molar-refractivity contribution is -0.122. The van der Waals surface area contributed by atoms with Crippen molar-refractivity contribution in [1.29, 1.82) is 0 Å². The molecule has 3 rings (SSSR count). The minimum absolute atomic E-state index is 0. The largest absolute Gasteiger partial charge is 0.497 e. The number of likely N-dealkylation sites (tertiary alicyclic amines) is 1. The molecule has 0 spiro atoms. The molecule has 6 nitrogen and oxygen atoms in total. The number of methoxy groups -OCH3 is 1. The van der Waals surface area contributed by atoms with Crippen molar-refractivity contribution in [3.63, 3.8) is 0 Å². The molecule has 0 bridgehead atoms. The molecule has 1 amide bonds. The first kappa shape index (κ1) is 22.0. The van der Waals surface area contributed by atoms with Gasteiger partial charge in [-0.15, -0.1) is 24.8 Å². The third kappa shape index (κ3) is 6.31. The van der Waals surface area contributed by atoms with Crippen molar-refractivity contribution >= 4 is 30.7 Å². The monoisotopic (exact) mass is 391 g/mol. The van der Waals surface area contributed by atoms with Gasteiger partial charge in [0.25, 0.3) is 0 Å². The van der Waals surface area contributed by atoms with Crippen molar-refractivity contribution in [2.24, 2.45) is 0 Å². The fourth-order valence-corrected chi connectivity index (χ4v) is 3.20. The van der Waals surface area contributed by atoms with Gasteiger partial charge in [0.15, 0.2) is 0 Å². The lowest BCUT2D eigenvalue weighted by Crippen LogP contribution is -2.47. The van der Waals surface area contributed by atoms with Crippen LogP contribution in [0, 0.1) is 0 Å². The Morgan fingerprint density at radius 2 is 2.08 bits per heavy atom. The summed E-state index contributed by atoms with van der Waals surface area (Å²) in [5.74, 6) is 0.932. The molecule has 142 valence electrons. The van der Waals surface area contributed by atoms with Crippen molar-refractivity contribution in [2.75, 3.05) is 46.4 Å². The third-order valence-corrected chi connectivity index (χ3v) is 4.44. The number of hydrogen-bond acceptors (Lipinski definition) is 5. The summed E-state index contributed by atoms with van der Waals surface area (Å²) >= 11 is 0. The predicted molar refractivity (Wildman–Crippen MR) is 102 cm³/mol. The van der Waals surface area contributed by atoms with Gasteiger partial charge in [0.05, 0.1) is 26.4 Å². The second-order valence-corrected chi connectivity index (χ2v) is 6.11. The Morgan fingerprint density at radius 1 is 1.32 bits per heavy atom. The van der Waals surface area contributed by atoms with Crippen LogP contribution in [0.3, 0.4) is 0 Å². The van der Waals surface area contributed by atoms with E-state index in [1.54, 1.807) is 7.11 Å². The van der Waals surface area contributed by atoms with Crippen LogP contribution in [-0.2, 0) is 16.0 Å². The van der Waals surface area contributed by atoms with Crippen LogP contribution in [0.5, 0.6) is 5.75 Å². The van der Waals surface area contributed by atoms with Crippen LogP contribution in [0.4, 0.5) is 0 Å². The summed E-state index contributed by atoms with van der Waals surface area (Å²) in [6.07, 6.45) is 1.06. The maximum Gasteiger partial charge on any atom is 0.234 e. The minimum Gasteiger partial charge on any atom is -0.497 e. The van der Waals surface area contributed by atoms with Crippen molar-refractivity contribution in [1.82, 2.24) is 15.5 Å². The third-order valence-electron chi connectivity index (χ3n) is 4.44. The normalized spacial score (nSPS) is 22.3. The number of benzene rings is 1. The van der Waals surface area contributed by atoms with E-state index in [4.69, 9.17) is 9.47 Å². The Bertz CT molecular complexity index is 516. The summed E-state index contributed by atoms with van der Waals surface area (Å²) in [6, 6.07) is 8.31. The molecule has 2 atom stereocenters. The Balaban J connectivity index is 0.00000156. The van der Waals surface area contributed by atoms with Crippen LogP contribution >= 0.6 is 24.8 Å². The first-order valence-corrected chi connectivity index (χ1v) is 8.21. The molecule has 2 aliphatic heterocycles. The molecule has 2 aliphatic rings. The predicted octanol–water partition coefficient (Wildman–Crippen LogP) is 0.870. The molecule has 25 heavy (non-hydrogen) atoms. The highest BCUT2D eigenvalue weighted by Gasteiger charge is 2.35. The van der Waals surface area contributed by atoms with Gasteiger partial charge >= 0.3 is 0 Å².